The van der Waals surface area contributed by atoms with Gasteiger partial charge in [-0.1, -0.05) is 0 Å². The van der Waals surface area contributed by atoms with Crippen molar-refractivity contribution in [3.05, 3.63) is 49.0 Å². The molecule has 5 heteroatoms. The Morgan fingerprint density at radius 2 is 1.89 bits per heavy atom. The lowest BCUT2D eigenvalue weighted by molar-refractivity contribution is 0.318. The third-order valence-corrected chi connectivity index (χ3v) is 4.65. The molecule has 0 N–H and O–H groups in total. The molecule has 0 saturated heterocycles. The van der Waals surface area contributed by atoms with E-state index in [-0.39, 0.29) is 0 Å². The predicted octanol–water partition coefficient (Wildman–Crippen LogP) is 5.63. The van der Waals surface area contributed by atoms with Crippen molar-refractivity contribution in [3.63, 3.8) is 0 Å². The zero-order valence-corrected chi connectivity index (χ0v) is 14.2. The zero-order chi connectivity index (χ0) is 13.0. The molecule has 1 aromatic heterocycles. The highest BCUT2D eigenvalue weighted by molar-refractivity contribution is 9.11. The number of alkyl halides is 1. The van der Waals surface area contributed by atoms with Crippen LogP contribution < -0.4 is 4.74 Å². The van der Waals surface area contributed by atoms with Crippen molar-refractivity contribution < 1.29 is 4.74 Å². The minimum Gasteiger partial charge on any atom is -0.491 e. The molecule has 0 aliphatic rings. The number of hydrogen-bond acceptors (Lipinski definition) is 2. The summed E-state index contributed by atoms with van der Waals surface area (Å²) in [4.78, 5) is 0. The van der Waals surface area contributed by atoms with Crippen LogP contribution in [0, 0.1) is 0 Å². The van der Waals surface area contributed by atoms with Crippen molar-refractivity contribution in [2.24, 2.45) is 0 Å². The summed E-state index contributed by atoms with van der Waals surface area (Å²) >= 11 is 14.5. The van der Waals surface area contributed by atoms with Crippen LogP contribution in [-0.2, 0) is 12.3 Å². The molecule has 0 atom stereocenters. The fourth-order valence-electron chi connectivity index (χ4n) is 1.53. The zero-order valence-electron chi connectivity index (χ0n) is 9.46. The van der Waals surface area contributed by atoms with Crippen molar-refractivity contribution in [1.82, 2.24) is 0 Å². The normalized spacial score (nSPS) is 10.6. The smallest absolute Gasteiger partial charge is 0.147 e. The molecule has 1 heterocycles. The number of benzene rings is 1. The fraction of sp³-hybridized carbons (Fsp3) is 0.231. The van der Waals surface area contributed by atoms with Crippen molar-refractivity contribution >= 4 is 54.8 Å². The van der Waals surface area contributed by atoms with Gasteiger partial charge in [-0.3, -0.25) is 0 Å². The summed E-state index contributed by atoms with van der Waals surface area (Å²) in [6.45, 7) is 0.661. The first-order chi connectivity index (χ1) is 8.70. The third kappa shape index (κ3) is 3.73. The van der Waals surface area contributed by atoms with Crippen LogP contribution in [0.4, 0.5) is 0 Å². The van der Waals surface area contributed by atoms with E-state index in [1.54, 1.807) is 11.3 Å². The summed E-state index contributed by atoms with van der Waals surface area (Å²) in [6.07, 6.45) is 0.916. The molecular weight excluding hydrogens is 399 g/mol. The van der Waals surface area contributed by atoms with Gasteiger partial charge >= 0.3 is 0 Å². The van der Waals surface area contributed by atoms with Crippen LogP contribution in [0.3, 0.4) is 0 Å². The molecule has 0 radical (unpaired) electrons. The van der Waals surface area contributed by atoms with Gasteiger partial charge < -0.3 is 4.74 Å². The Balaban J connectivity index is 2.01. The molecule has 0 aliphatic carbocycles. The van der Waals surface area contributed by atoms with Crippen molar-refractivity contribution in [2.45, 2.75) is 12.3 Å². The van der Waals surface area contributed by atoms with Crippen LogP contribution in [0.2, 0.25) is 0 Å². The Hall–Kier alpha value is -0.0300. The standard InChI is InChI=1S/C13H11Br2ClOS/c14-11-5-10(7-16)6-12(15)13(11)17-3-1-9-2-4-18-8-9/h2,4-6,8H,1,3,7H2. The first-order valence-electron chi connectivity index (χ1n) is 5.38. The molecule has 96 valence electrons. The Morgan fingerprint density at radius 1 is 1.17 bits per heavy atom. The molecule has 1 aromatic carbocycles. The summed E-state index contributed by atoms with van der Waals surface area (Å²) in [6, 6.07) is 6.09. The van der Waals surface area contributed by atoms with Gasteiger partial charge in [-0.05, 0) is 71.9 Å². The van der Waals surface area contributed by atoms with Crippen LogP contribution in [0.15, 0.2) is 37.9 Å². The largest absolute Gasteiger partial charge is 0.491 e. The van der Waals surface area contributed by atoms with Crippen LogP contribution in [0.25, 0.3) is 0 Å². The molecule has 2 aromatic rings. The van der Waals surface area contributed by atoms with Crippen molar-refractivity contribution in [3.8, 4) is 5.75 Å². The molecule has 0 amide bonds. The summed E-state index contributed by atoms with van der Waals surface area (Å²) in [5.41, 5.74) is 2.37. The Kier molecular flexibility index (Phi) is 5.55. The lowest BCUT2D eigenvalue weighted by Gasteiger charge is -2.11. The molecule has 0 fully saturated rings. The minimum absolute atomic E-state index is 0.492. The van der Waals surface area contributed by atoms with E-state index >= 15 is 0 Å². The van der Waals surface area contributed by atoms with E-state index in [9.17, 15) is 0 Å². The Labute approximate surface area is 132 Å². The maximum atomic E-state index is 5.81. The van der Waals surface area contributed by atoms with E-state index in [0.29, 0.717) is 12.5 Å². The van der Waals surface area contributed by atoms with E-state index < -0.39 is 0 Å². The average molecular weight is 411 g/mol. The van der Waals surface area contributed by atoms with Gasteiger partial charge in [0.25, 0.3) is 0 Å². The van der Waals surface area contributed by atoms with Gasteiger partial charge in [-0.15, -0.1) is 11.6 Å². The van der Waals surface area contributed by atoms with Gasteiger partial charge in [0.1, 0.15) is 5.75 Å². The van der Waals surface area contributed by atoms with E-state index in [2.05, 4.69) is 48.7 Å². The van der Waals surface area contributed by atoms with Crippen LogP contribution in [0.1, 0.15) is 11.1 Å². The highest BCUT2D eigenvalue weighted by Gasteiger charge is 2.08. The fourth-order valence-corrected chi connectivity index (χ4v) is 3.90. The van der Waals surface area contributed by atoms with Gasteiger partial charge in [-0.2, -0.15) is 11.3 Å². The highest BCUT2D eigenvalue weighted by atomic mass is 79.9. The number of hydrogen-bond donors (Lipinski definition) is 0. The highest BCUT2D eigenvalue weighted by Crippen LogP contribution is 2.35. The molecule has 18 heavy (non-hydrogen) atoms. The molecule has 2 rings (SSSR count). The van der Waals surface area contributed by atoms with Gasteiger partial charge in [0.15, 0.2) is 0 Å². The predicted molar refractivity (Wildman–Crippen MR) is 84.9 cm³/mol. The summed E-state index contributed by atoms with van der Waals surface area (Å²) in [5.74, 6) is 1.32. The monoisotopic (exact) mass is 408 g/mol. The third-order valence-electron chi connectivity index (χ3n) is 2.43. The second-order valence-electron chi connectivity index (χ2n) is 3.75. The Bertz CT molecular complexity index is 491. The quantitative estimate of drug-likeness (QED) is 0.580. The van der Waals surface area contributed by atoms with Gasteiger partial charge in [0, 0.05) is 12.3 Å². The molecule has 0 spiro atoms. The maximum Gasteiger partial charge on any atom is 0.147 e. The number of ether oxygens (including phenoxy) is 1. The second-order valence-corrected chi connectivity index (χ2v) is 6.51. The van der Waals surface area contributed by atoms with E-state index in [1.807, 2.05) is 12.1 Å². The maximum absolute atomic E-state index is 5.81. The topological polar surface area (TPSA) is 9.23 Å². The van der Waals surface area contributed by atoms with Crippen LogP contribution in [0.5, 0.6) is 5.75 Å². The van der Waals surface area contributed by atoms with E-state index in [0.717, 1.165) is 26.7 Å². The van der Waals surface area contributed by atoms with E-state index in [4.69, 9.17) is 16.3 Å². The van der Waals surface area contributed by atoms with Crippen LogP contribution in [-0.4, -0.2) is 6.61 Å². The van der Waals surface area contributed by atoms with Gasteiger partial charge in [-0.25, -0.2) is 0 Å². The lowest BCUT2D eigenvalue weighted by Crippen LogP contribution is -2.02. The van der Waals surface area contributed by atoms with Crippen LogP contribution >= 0.6 is 54.8 Å². The summed E-state index contributed by atoms with van der Waals surface area (Å²) < 4.78 is 7.67. The number of halogens is 3. The molecule has 0 unspecified atom stereocenters. The Morgan fingerprint density at radius 3 is 2.44 bits per heavy atom. The molecule has 0 saturated carbocycles. The molecule has 0 aliphatic heterocycles. The first-order valence-corrected chi connectivity index (χ1v) is 8.45. The second kappa shape index (κ2) is 6.94. The van der Waals surface area contributed by atoms with Crippen molar-refractivity contribution in [2.75, 3.05) is 6.61 Å². The van der Waals surface area contributed by atoms with Gasteiger partial charge in [0.05, 0.1) is 15.6 Å². The lowest BCUT2D eigenvalue weighted by atomic mass is 10.2. The number of thiophene rings is 1. The van der Waals surface area contributed by atoms with Crippen molar-refractivity contribution in [1.29, 1.82) is 0 Å². The average Bonchev–Trinajstić information content (AvgIpc) is 2.85. The minimum atomic E-state index is 0.492. The van der Waals surface area contributed by atoms with E-state index in [1.165, 1.54) is 5.56 Å². The molecular formula is C13H11Br2ClOS. The SMILES string of the molecule is ClCc1cc(Br)c(OCCc2ccsc2)c(Br)c1. The molecule has 1 nitrogen and oxygen atoms in total. The van der Waals surface area contributed by atoms with Gasteiger partial charge in [0.2, 0.25) is 0 Å². The molecule has 0 bridgehead atoms. The first kappa shape index (κ1) is 14.4. The summed E-state index contributed by atoms with van der Waals surface area (Å²) in [7, 11) is 0. The summed E-state index contributed by atoms with van der Waals surface area (Å²) in [5, 5.41) is 4.22. The number of rotatable bonds is 5.